The first-order chi connectivity index (χ1) is 13.0. The Balaban J connectivity index is 2.02. The van der Waals surface area contributed by atoms with Gasteiger partial charge < -0.3 is 19.7 Å². The van der Waals surface area contributed by atoms with E-state index < -0.39 is 52.7 Å². The molecule has 0 aromatic heterocycles. The second kappa shape index (κ2) is 5.89. The molecular weight excluding hydrogens is 364 g/mol. The summed E-state index contributed by atoms with van der Waals surface area (Å²) in [5, 5.41) is 21.8. The zero-order valence-corrected chi connectivity index (χ0v) is 16.9. The summed E-state index contributed by atoms with van der Waals surface area (Å²) in [7, 11) is 1.41. The molecule has 0 bridgehead atoms. The number of allylic oxidation sites excluding steroid dienone is 2. The summed E-state index contributed by atoms with van der Waals surface area (Å²) in [6.45, 7) is 7.14. The Bertz CT molecular complexity index is 801. The van der Waals surface area contributed by atoms with Gasteiger partial charge >= 0.3 is 5.97 Å². The van der Waals surface area contributed by atoms with Crippen molar-refractivity contribution in [3.8, 4) is 0 Å². The van der Waals surface area contributed by atoms with Gasteiger partial charge in [0.2, 0.25) is 5.78 Å². The minimum atomic E-state index is -1.27. The van der Waals surface area contributed by atoms with Crippen LogP contribution in [0.5, 0.6) is 0 Å². The van der Waals surface area contributed by atoms with Crippen molar-refractivity contribution in [1.82, 2.24) is 0 Å². The fourth-order valence-corrected chi connectivity index (χ4v) is 7.20. The van der Waals surface area contributed by atoms with Crippen LogP contribution in [0.15, 0.2) is 11.3 Å². The van der Waals surface area contributed by atoms with Crippen LogP contribution in [0.25, 0.3) is 0 Å². The number of ether oxygens (including phenoxy) is 2. The zero-order chi connectivity index (χ0) is 20.8. The highest BCUT2D eigenvalue weighted by Crippen LogP contribution is 2.67. The first-order valence-electron chi connectivity index (χ1n) is 9.90. The van der Waals surface area contributed by atoms with E-state index in [0.717, 1.165) is 0 Å². The quantitative estimate of drug-likeness (QED) is 0.641. The number of hydrogen-bond acceptors (Lipinski definition) is 7. The van der Waals surface area contributed by atoms with E-state index in [0.29, 0.717) is 5.57 Å². The molecular formula is C21H28O7. The maximum absolute atomic E-state index is 13.6. The summed E-state index contributed by atoms with van der Waals surface area (Å²) in [6.07, 6.45) is -2.88. The molecule has 0 unspecified atom stereocenters. The number of hydrogen-bond donors (Lipinski definition) is 2. The molecule has 7 nitrogen and oxygen atoms in total. The number of ketones is 2. The first kappa shape index (κ1) is 19.6. The van der Waals surface area contributed by atoms with Gasteiger partial charge in [0.15, 0.2) is 11.5 Å². The summed E-state index contributed by atoms with van der Waals surface area (Å²) in [5.41, 5.74) is -1.57. The Hall–Kier alpha value is -1.73. The van der Waals surface area contributed by atoms with Crippen LogP contribution in [0.3, 0.4) is 0 Å². The molecule has 1 heterocycles. The summed E-state index contributed by atoms with van der Waals surface area (Å²) in [5.74, 6) is -3.02. The molecule has 4 aliphatic rings. The molecule has 0 amide bonds. The van der Waals surface area contributed by atoms with Crippen molar-refractivity contribution < 1.29 is 34.1 Å². The molecule has 0 spiro atoms. The number of aliphatic hydroxyl groups is 2. The van der Waals surface area contributed by atoms with Gasteiger partial charge in [-0.2, -0.15) is 0 Å². The van der Waals surface area contributed by atoms with Gasteiger partial charge in [-0.1, -0.05) is 20.8 Å². The Kier molecular flexibility index (Phi) is 4.12. The zero-order valence-electron chi connectivity index (χ0n) is 16.9. The molecule has 1 aliphatic heterocycles. The predicted octanol–water partition coefficient (Wildman–Crippen LogP) is 1.01. The molecule has 3 aliphatic carbocycles. The molecule has 0 aromatic carbocycles. The number of rotatable bonds is 1. The van der Waals surface area contributed by atoms with Gasteiger partial charge in [0.05, 0.1) is 19.6 Å². The number of esters is 1. The van der Waals surface area contributed by atoms with Gasteiger partial charge in [-0.15, -0.1) is 0 Å². The van der Waals surface area contributed by atoms with Gasteiger partial charge in [-0.25, -0.2) is 0 Å². The Labute approximate surface area is 164 Å². The van der Waals surface area contributed by atoms with Crippen LogP contribution in [0.1, 0.15) is 40.5 Å². The third kappa shape index (κ3) is 2.04. The van der Waals surface area contributed by atoms with Crippen molar-refractivity contribution >= 4 is 17.5 Å². The van der Waals surface area contributed by atoms with E-state index in [4.69, 9.17) is 9.47 Å². The molecule has 4 rings (SSSR count). The molecule has 0 aromatic rings. The van der Waals surface area contributed by atoms with Crippen molar-refractivity contribution in [2.75, 3.05) is 7.11 Å². The molecule has 0 radical (unpaired) electrons. The van der Waals surface area contributed by atoms with E-state index in [2.05, 4.69) is 0 Å². The number of Topliss-reactive ketones (excluding diaryl/α,β-unsaturated/α-hetero) is 2. The number of aliphatic hydroxyl groups excluding tert-OH is 2. The maximum atomic E-state index is 13.6. The van der Waals surface area contributed by atoms with E-state index >= 15 is 0 Å². The van der Waals surface area contributed by atoms with Gasteiger partial charge in [-0.3, -0.25) is 14.4 Å². The van der Waals surface area contributed by atoms with Crippen LogP contribution in [0.4, 0.5) is 0 Å². The highest BCUT2D eigenvalue weighted by Gasteiger charge is 2.75. The monoisotopic (exact) mass is 392 g/mol. The molecule has 2 N–H and O–H groups in total. The first-order valence-corrected chi connectivity index (χ1v) is 9.90. The number of carbonyl (C=O) groups is 3. The third-order valence-electron chi connectivity index (χ3n) is 8.20. The average Bonchev–Trinajstić information content (AvgIpc) is 2.60. The van der Waals surface area contributed by atoms with Crippen molar-refractivity contribution in [3.63, 3.8) is 0 Å². The van der Waals surface area contributed by atoms with Crippen LogP contribution in [0, 0.1) is 34.5 Å². The van der Waals surface area contributed by atoms with E-state index in [-0.39, 0.29) is 36.2 Å². The van der Waals surface area contributed by atoms with E-state index in [9.17, 15) is 24.6 Å². The molecule has 3 fully saturated rings. The van der Waals surface area contributed by atoms with Gasteiger partial charge in [0.1, 0.15) is 12.2 Å². The molecule has 28 heavy (non-hydrogen) atoms. The van der Waals surface area contributed by atoms with E-state index in [1.807, 2.05) is 13.8 Å². The molecule has 154 valence electrons. The van der Waals surface area contributed by atoms with Crippen molar-refractivity contribution in [3.05, 3.63) is 11.3 Å². The molecule has 2 saturated carbocycles. The Morgan fingerprint density at radius 2 is 1.82 bits per heavy atom. The number of methoxy groups -OCH3 is 1. The molecule has 1 saturated heterocycles. The fourth-order valence-electron chi connectivity index (χ4n) is 7.20. The second-order valence-electron chi connectivity index (χ2n) is 9.44. The summed E-state index contributed by atoms with van der Waals surface area (Å²) < 4.78 is 11.1. The lowest BCUT2D eigenvalue weighted by molar-refractivity contribution is -0.256. The summed E-state index contributed by atoms with van der Waals surface area (Å²) in [6, 6.07) is 0. The topological polar surface area (TPSA) is 110 Å². The lowest BCUT2D eigenvalue weighted by atomic mass is 9.38. The lowest BCUT2D eigenvalue weighted by Crippen LogP contribution is -2.75. The average molecular weight is 392 g/mol. The lowest BCUT2D eigenvalue weighted by Gasteiger charge is -2.66. The number of fused-ring (bicyclic) bond motifs is 2. The normalized spacial score (nSPS) is 50.7. The van der Waals surface area contributed by atoms with Crippen molar-refractivity contribution in [1.29, 1.82) is 0 Å². The van der Waals surface area contributed by atoms with Gasteiger partial charge in [0, 0.05) is 28.6 Å². The smallest absolute Gasteiger partial charge is 0.306 e. The van der Waals surface area contributed by atoms with Crippen LogP contribution in [-0.4, -0.2) is 53.2 Å². The van der Waals surface area contributed by atoms with Crippen LogP contribution in [-0.2, 0) is 23.9 Å². The van der Waals surface area contributed by atoms with Crippen molar-refractivity contribution in [2.45, 2.75) is 58.8 Å². The van der Waals surface area contributed by atoms with E-state index in [1.165, 1.54) is 7.11 Å². The fraction of sp³-hybridized carbons (Fsp3) is 0.762. The minimum absolute atomic E-state index is 0.0647. The van der Waals surface area contributed by atoms with E-state index in [1.54, 1.807) is 13.8 Å². The SMILES string of the molecule is COC1=C(C)[C@H]2CC(=O)O[C@@H]3[C@H](O)[C@H]4[C@H](C)C[C@H](O)C(=O)[C@]4(C)[C@@H](C1=O)[C@]23C. The second-order valence-corrected chi connectivity index (χ2v) is 9.44. The molecule has 7 heteroatoms. The summed E-state index contributed by atoms with van der Waals surface area (Å²) >= 11 is 0. The van der Waals surface area contributed by atoms with Crippen LogP contribution in [0.2, 0.25) is 0 Å². The van der Waals surface area contributed by atoms with Crippen LogP contribution < -0.4 is 0 Å². The molecule has 9 atom stereocenters. The highest BCUT2D eigenvalue weighted by molar-refractivity contribution is 6.04. The van der Waals surface area contributed by atoms with Gasteiger partial charge in [0.25, 0.3) is 0 Å². The van der Waals surface area contributed by atoms with Crippen LogP contribution >= 0.6 is 0 Å². The number of carbonyl (C=O) groups excluding carboxylic acids is 3. The largest absolute Gasteiger partial charge is 0.493 e. The summed E-state index contributed by atoms with van der Waals surface area (Å²) in [4.78, 5) is 39.3. The maximum Gasteiger partial charge on any atom is 0.306 e. The Morgan fingerprint density at radius 3 is 2.43 bits per heavy atom. The predicted molar refractivity (Wildman–Crippen MR) is 96.7 cm³/mol. The highest BCUT2D eigenvalue weighted by atomic mass is 16.6. The van der Waals surface area contributed by atoms with Gasteiger partial charge in [-0.05, 0) is 24.8 Å². The third-order valence-corrected chi connectivity index (χ3v) is 8.20. The van der Waals surface area contributed by atoms with Crippen molar-refractivity contribution in [2.24, 2.45) is 34.5 Å². The standard InChI is InChI=1S/C21H28O7/c1-8-6-11(22)18(26)21(4)13(8)14(24)19-20(3)10(7-12(23)28-19)9(2)16(27-5)15(25)17(20)21/h8,10-11,13-14,17,19,22,24H,6-7H2,1-5H3/t8-,10-,11+,13-,14-,17+,19-,20+,21+/m1/s1. The Morgan fingerprint density at radius 1 is 1.18 bits per heavy atom. The minimum Gasteiger partial charge on any atom is -0.493 e.